The number of nitrogens with zero attached hydrogens (tertiary/aromatic N) is 6. The molecule has 0 atom stereocenters. The molecule has 0 bridgehead atoms. The van der Waals surface area contributed by atoms with Crippen molar-refractivity contribution < 1.29 is 9.13 Å². The van der Waals surface area contributed by atoms with E-state index in [0.717, 1.165) is 47.0 Å². The van der Waals surface area contributed by atoms with Gasteiger partial charge in [0.2, 0.25) is 0 Å². The number of aryl methyl sites for hydroxylation is 1. The van der Waals surface area contributed by atoms with Gasteiger partial charge in [-0.2, -0.15) is 4.52 Å². The first-order valence-corrected chi connectivity index (χ1v) is 10.9. The van der Waals surface area contributed by atoms with Crippen LogP contribution in [-0.2, 0) is 13.0 Å². The van der Waals surface area contributed by atoms with Crippen LogP contribution in [0.1, 0.15) is 16.8 Å². The second-order valence-electron chi connectivity index (χ2n) is 8.29. The zero-order valence-corrected chi connectivity index (χ0v) is 18.0. The second kappa shape index (κ2) is 7.54. The maximum Gasteiger partial charge on any atom is 0.274 e. The van der Waals surface area contributed by atoms with E-state index in [1.165, 1.54) is 28.9 Å². The number of fused-ring (bicyclic) bond motifs is 3. The third-order valence-electron chi connectivity index (χ3n) is 6.16. The topological polar surface area (TPSA) is 75.9 Å². The summed E-state index contributed by atoms with van der Waals surface area (Å²) in [5, 5.41) is 4.61. The monoisotopic (exact) mass is 444 g/mol. The number of anilines is 3. The highest BCUT2D eigenvalue weighted by Gasteiger charge is 2.25. The molecule has 0 aliphatic carbocycles. The number of aromatic nitrogens is 4. The van der Waals surface area contributed by atoms with Crippen molar-refractivity contribution in [3.8, 4) is 5.75 Å². The number of hydrogen-bond acceptors (Lipinski definition) is 7. The van der Waals surface area contributed by atoms with Crippen molar-refractivity contribution in [2.75, 3.05) is 29.5 Å². The van der Waals surface area contributed by atoms with Gasteiger partial charge in [0, 0.05) is 43.5 Å². The van der Waals surface area contributed by atoms with Gasteiger partial charge in [-0.25, -0.2) is 9.37 Å². The summed E-state index contributed by atoms with van der Waals surface area (Å²) in [4.78, 5) is 25.5. The Kier molecular flexibility index (Phi) is 4.49. The lowest BCUT2D eigenvalue weighted by atomic mass is 10.0. The largest absolute Gasteiger partial charge is 0.489 e. The van der Waals surface area contributed by atoms with Gasteiger partial charge in [-0.15, -0.1) is 5.10 Å². The van der Waals surface area contributed by atoms with Crippen LogP contribution in [0, 0.1) is 12.7 Å². The Hall–Kier alpha value is -4.01. The van der Waals surface area contributed by atoms with Crippen LogP contribution in [0.2, 0.25) is 0 Å². The lowest BCUT2D eigenvalue weighted by Crippen LogP contribution is -2.34. The molecule has 9 heteroatoms. The second-order valence-corrected chi connectivity index (χ2v) is 8.29. The van der Waals surface area contributed by atoms with Crippen molar-refractivity contribution >= 4 is 22.8 Å². The van der Waals surface area contributed by atoms with Crippen molar-refractivity contribution in [2.24, 2.45) is 0 Å². The van der Waals surface area contributed by atoms with Crippen molar-refractivity contribution in [3.05, 3.63) is 81.8 Å². The van der Waals surface area contributed by atoms with Gasteiger partial charge in [0.1, 0.15) is 18.2 Å². The van der Waals surface area contributed by atoms with Crippen molar-refractivity contribution in [2.45, 2.75) is 19.9 Å². The molecule has 1 aromatic carbocycles. The minimum absolute atomic E-state index is 0.204. The number of hydrogen-bond donors (Lipinski definition) is 0. The third-order valence-corrected chi connectivity index (χ3v) is 6.16. The summed E-state index contributed by atoms with van der Waals surface area (Å²) in [6, 6.07) is 10.0. The zero-order valence-electron chi connectivity index (χ0n) is 18.0. The molecule has 0 saturated heterocycles. The van der Waals surface area contributed by atoms with Crippen LogP contribution in [0.25, 0.3) is 5.65 Å². The molecule has 2 aliphatic rings. The van der Waals surface area contributed by atoms with Crippen LogP contribution in [0.3, 0.4) is 0 Å². The molecule has 0 spiro atoms. The summed E-state index contributed by atoms with van der Waals surface area (Å²) in [6.45, 7) is 4.50. The highest BCUT2D eigenvalue weighted by molar-refractivity contribution is 5.70. The first-order chi connectivity index (χ1) is 16.1. The van der Waals surface area contributed by atoms with Crippen LogP contribution in [0.5, 0.6) is 5.75 Å². The van der Waals surface area contributed by atoms with E-state index in [9.17, 15) is 9.18 Å². The highest BCUT2D eigenvalue weighted by Crippen LogP contribution is 2.38. The van der Waals surface area contributed by atoms with E-state index in [-0.39, 0.29) is 11.4 Å². The number of benzene rings is 1. The molecule has 0 N–H and O–H groups in total. The van der Waals surface area contributed by atoms with Gasteiger partial charge >= 0.3 is 0 Å². The minimum atomic E-state index is -0.317. The number of pyridine rings is 1. The smallest absolute Gasteiger partial charge is 0.274 e. The fraction of sp³-hybridized carbons (Fsp3) is 0.250. The van der Waals surface area contributed by atoms with E-state index in [1.807, 2.05) is 19.2 Å². The van der Waals surface area contributed by atoms with E-state index in [0.29, 0.717) is 31.1 Å². The molecule has 4 aromatic rings. The summed E-state index contributed by atoms with van der Waals surface area (Å²) in [5.74, 6) is 0.985. The van der Waals surface area contributed by atoms with Gasteiger partial charge in [-0.3, -0.25) is 9.78 Å². The predicted molar refractivity (Wildman–Crippen MR) is 122 cm³/mol. The molecule has 0 fully saturated rings. The normalized spacial score (nSPS) is 15.2. The van der Waals surface area contributed by atoms with Gasteiger partial charge in [-0.1, -0.05) is 0 Å². The van der Waals surface area contributed by atoms with Crippen molar-refractivity contribution in [1.82, 2.24) is 19.6 Å². The fourth-order valence-electron chi connectivity index (χ4n) is 4.56. The van der Waals surface area contributed by atoms with Crippen molar-refractivity contribution in [1.29, 1.82) is 0 Å². The molecule has 6 rings (SSSR count). The Morgan fingerprint density at radius 1 is 1.09 bits per heavy atom. The van der Waals surface area contributed by atoms with Gasteiger partial charge in [0.25, 0.3) is 5.56 Å². The third kappa shape index (κ3) is 3.36. The Balaban J connectivity index is 1.35. The lowest BCUT2D eigenvalue weighted by molar-refractivity contribution is 0.312. The Morgan fingerprint density at radius 3 is 2.91 bits per heavy atom. The average molecular weight is 444 g/mol. The minimum Gasteiger partial charge on any atom is -0.489 e. The highest BCUT2D eigenvalue weighted by atomic mass is 19.1. The summed E-state index contributed by atoms with van der Waals surface area (Å²) in [6.07, 6.45) is 4.15. The van der Waals surface area contributed by atoms with Crippen LogP contribution in [-0.4, -0.2) is 39.3 Å². The van der Waals surface area contributed by atoms with E-state index < -0.39 is 0 Å². The zero-order chi connectivity index (χ0) is 22.5. The van der Waals surface area contributed by atoms with Crippen LogP contribution >= 0.6 is 0 Å². The molecule has 0 unspecified atom stereocenters. The molecule has 5 heterocycles. The number of rotatable bonds is 2. The maximum atomic E-state index is 13.7. The van der Waals surface area contributed by atoms with Crippen LogP contribution in [0.15, 0.2) is 53.6 Å². The van der Waals surface area contributed by atoms with E-state index in [2.05, 4.69) is 25.9 Å². The van der Waals surface area contributed by atoms with E-state index in [1.54, 1.807) is 6.07 Å². The molecular formula is C24H21FN6O2. The summed E-state index contributed by atoms with van der Waals surface area (Å²) in [5.41, 5.74) is 5.22. The van der Waals surface area contributed by atoms with Gasteiger partial charge in [0.15, 0.2) is 11.5 Å². The van der Waals surface area contributed by atoms with Crippen LogP contribution in [0.4, 0.5) is 21.6 Å². The molecule has 33 heavy (non-hydrogen) atoms. The molecule has 0 amide bonds. The molecule has 0 saturated carbocycles. The molecular weight excluding hydrogens is 423 g/mol. The SMILES string of the molecule is Cc1cc2nccc(=O)n2nc1N1CCc2ncc(N3CCOc4cc(F)ccc43)cc2C1. The van der Waals surface area contributed by atoms with Crippen molar-refractivity contribution in [3.63, 3.8) is 0 Å². The summed E-state index contributed by atoms with van der Waals surface area (Å²) in [7, 11) is 0. The first-order valence-electron chi connectivity index (χ1n) is 10.9. The first kappa shape index (κ1) is 19.7. The Morgan fingerprint density at radius 2 is 2.00 bits per heavy atom. The number of halogens is 1. The summed E-state index contributed by atoms with van der Waals surface area (Å²) < 4.78 is 20.7. The van der Waals surface area contributed by atoms with E-state index in [4.69, 9.17) is 9.72 Å². The maximum absolute atomic E-state index is 13.7. The standard InChI is InChI=1S/C24H21FN6O2/c1-15-10-22-26-6-4-23(32)31(22)28-24(15)29-7-5-19-16(14-29)11-18(13-27-19)30-8-9-33-21-12-17(25)2-3-20(21)30/h2-4,6,10-13H,5,7-9,14H2,1H3. The summed E-state index contributed by atoms with van der Waals surface area (Å²) >= 11 is 0. The Labute approximate surface area is 188 Å². The molecule has 3 aromatic heterocycles. The van der Waals surface area contributed by atoms with Crippen LogP contribution < -0.4 is 20.1 Å². The lowest BCUT2D eigenvalue weighted by Gasteiger charge is -2.33. The Bertz CT molecular complexity index is 1450. The number of ether oxygens (including phenoxy) is 1. The quantitative estimate of drug-likeness (QED) is 0.470. The average Bonchev–Trinajstić information content (AvgIpc) is 2.82. The molecule has 0 radical (unpaired) electrons. The molecule has 166 valence electrons. The van der Waals surface area contributed by atoms with Gasteiger partial charge in [-0.05, 0) is 42.3 Å². The fourth-order valence-corrected chi connectivity index (χ4v) is 4.56. The van der Waals surface area contributed by atoms with Gasteiger partial charge < -0.3 is 14.5 Å². The predicted octanol–water partition coefficient (Wildman–Crippen LogP) is 3.03. The van der Waals surface area contributed by atoms with E-state index >= 15 is 0 Å². The van der Waals surface area contributed by atoms with Gasteiger partial charge in [0.05, 0.1) is 24.1 Å². The molecule has 2 aliphatic heterocycles. The molecule has 8 nitrogen and oxygen atoms in total.